The van der Waals surface area contributed by atoms with Crippen molar-refractivity contribution in [1.82, 2.24) is 10.3 Å². The molecule has 9 nitrogen and oxygen atoms in total. The average molecular weight is 503 g/mol. The molecular weight excluding hydrogens is 464 g/mol. The van der Waals surface area contributed by atoms with E-state index in [0.29, 0.717) is 19.6 Å². The molecule has 0 spiro atoms. The van der Waals surface area contributed by atoms with E-state index in [0.717, 1.165) is 35.2 Å². The molecule has 1 N–H and O–H groups in total. The van der Waals surface area contributed by atoms with Crippen LogP contribution in [0.15, 0.2) is 30.5 Å². The molecule has 0 saturated carbocycles. The van der Waals surface area contributed by atoms with E-state index in [4.69, 9.17) is 28.4 Å². The summed E-state index contributed by atoms with van der Waals surface area (Å²) < 4.78 is 35.3. The molecule has 2 fully saturated rings. The van der Waals surface area contributed by atoms with Crippen LogP contribution in [0.3, 0.4) is 0 Å². The summed E-state index contributed by atoms with van der Waals surface area (Å²) in [5, 5.41) is 3.89. The Balaban J connectivity index is 1.42. The van der Waals surface area contributed by atoms with Crippen LogP contribution in [0, 0.1) is 0 Å². The molecule has 36 heavy (non-hydrogen) atoms. The first-order valence-electron chi connectivity index (χ1n) is 12.5. The molecular formula is C27H38N2O7. The number of amides is 1. The van der Waals surface area contributed by atoms with Crippen LogP contribution in [-0.4, -0.2) is 67.1 Å². The summed E-state index contributed by atoms with van der Waals surface area (Å²) in [4.78, 5) is 16.9. The monoisotopic (exact) mass is 502 g/mol. The zero-order chi connectivity index (χ0) is 25.9. The van der Waals surface area contributed by atoms with Gasteiger partial charge < -0.3 is 33.7 Å². The number of nitrogens with zero attached hydrogens (tertiary/aromatic N) is 1. The summed E-state index contributed by atoms with van der Waals surface area (Å²) >= 11 is 0. The number of carbonyl (C=O) groups is 1. The molecule has 1 aromatic carbocycles. The van der Waals surface area contributed by atoms with E-state index in [-0.39, 0.29) is 24.4 Å². The molecule has 3 heterocycles. The highest BCUT2D eigenvalue weighted by molar-refractivity contribution is 5.86. The standard InChI is InChI=1S/C27H38N2O7/c1-26(2,3)36-25(30)29-22-10-8-18(34-24(22)14-19-16-33-27(4,5)35-19)15-32-23-11-12-28-21-9-7-17(31-6)13-20(21)23/h7,9,11-13,18-19,22,24H,8,10,14-16H2,1-6H3,(H,29,30)/t18-,19?,22+,24+/m0/s1. The summed E-state index contributed by atoms with van der Waals surface area (Å²) in [7, 11) is 1.63. The Labute approximate surface area is 212 Å². The van der Waals surface area contributed by atoms with Gasteiger partial charge in [-0.25, -0.2) is 4.79 Å². The predicted molar refractivity (Wildman–Crippen MR) is 134 cm³/mol. The van der Waals surface area contributed by atoms with Gasteiger partial charge in [0.15, 0.2) is 5.79 Å². The van der Waals surface area contributed by atoms with Crippen LogP contribution >= 0.6 is 0 Å². The molecule has 0 radical (unpaired) electrons. The van der Waals surface area contributed by atoms with E-state index < -0.39 is 17.5 Å². The Morgan fingerprint density at radius 2 is 2.00 bits per heavy atom. The van der Waals surface area contributed by atoms with Crippen LogP contribution in [0.25, 0.3) is 10.9 Å². The van der Waals surface area contributed by atoms with Gasteiger partial charge >= 0.3 is 6.09 Å². The van der Waals surface area contributed by atoms with Gasteiger partial charge in [-0.1, -0.05) is 0 Å². The Morgan fingerprint density at radius 3 is 2.69 bits per heavy atom. The third-order valence-electron chi connectivity index (χ3n) is 6.21. The highest BCUT2D eigenvalue weighted by atomic mass is 16.7. The number of benzene rings is 1. The molecule has 198 valence electrons. The smallest absolute Gasteiger partial charge is 0.407 e. The molecule has 2 aromatic rings. The zero-order valence-corrected chi connectivity index (χ0v) is 22.0. The van der Waals surface area contributed by atoms with E-state index in [2.05, 4.69) is 10.3 Å². The maximum Gasteiger partial charge on any atom is 0.407 e. The number of hydrogen-bond acceptors (Lipinski definition) is 8. The number of aromatic nitrogens is 1. The van der Waals surface area contributed by atoms with Crippen molar-refractivity contribution in [2.24, 2.45) is 0 Å². The van der Waals surface area contributed by atoms with E-state index in [9.17, 15) is 4.79 Å². The molecule has 4 atom stereocenters. The second-order valence-electron chi connectivity index (χ2n) is 10.8. The Hall–Kier alpha value is -2.62. The van der Waals surface area contributed by atoms with Gasteiger partial charge in [0, 0.05) is 18.0 Å². The number of nitrogens with one attached hydrogen (secondary N) is 1. The highest BCUT2D eigenvalue weighted by Crippen LogP contribution is 2.32. The van der Waals surface area contributed by atoms with Gasteiger partial charge in [0.25, 0.3) is 0 Å². The zero-order valence-electron chi connectivity index (χ0n) is 22.0. The summed E-state index contributed by atoms with van der Waals surface area (Å²) in [6, 6.07) is 7.35. The van der Waals surface area contributed by atoms with Crippen LogP contribution in [0.5, 0.6) is 11.5 Å². The first-order valence-corrected chi connectivity index (χ1v) is 12.5. The maximum atomic E-state index is 12.5. The number of rotatable bonds is 7. The lowest BCUT2D eigenvalue weighted by atomic mass is 9.95. The minimum absolute atomic E-state index is 0.121. The van der Waals surface area contributed by atoms with Gasteiger partial charge in [0.2, 0.25) is 0 Å². The van der Waals surface area contributed by atoms with Crippen molar-refractivity contribution in [2.75, 3.05) is 20.3 Å². The van der Waals surface area contributed by atoms with E-state index >= 15 is 0 Å². The van der Waals surface area contributed by atoms with Crippen molar-refractivity contribution in [3.8, 4) is 11.5 Å². The quantitative estimate of drug-likeness (QED) is 0.587. The van der Waals surface area contributed by atoms with Crippen molar-refractivity contribution in [3.63, 3.8) is 0 Å². The average Bonchev–Trinajstić information content (AvgIpc) is 3.15. The number of pyridine rings is 1. The summed E-state index contributed by atoms with van der Waals surface area (Å²) in [6.45, 7) is 10.2. The number of methoxy groups -OCH3 is 1. The molecule has 1 amide bonds. The molecule has 0 aliphatic carbocycles. The molecule has 1 aromatic heterocycles. The fourth-order valence-electron chi connectivity index (χ4n) is 4.60. The van der Waals surface area contributed by atoms with Crippen molar-refractivity contribution >= 4 is 17.0 Å². The third-order valence-corrected chi connectivity index (χ3v) is 6.21. The largest absolute Gasteiger partial charge is 0.497 e. The highest BCUT2D eigenvalue weighted by Gasteiger charge is 2.39. The summed E-state index contributed by atoms with van der Waals surface area (Å²) in [6.07, 6.45) is 2.81. The molecule has 0 bridgehead atoms. The Bertz CT molecular complexity index is 1050. The molecule has 9 heteroatoms. The normalized spacial score (nSPS) is 25.9. The molecule has 1 unspecified atom stereocenters. The van der Waals surface area contributed by atoms with Gasteiger partial charge in [-0.05, 0) is 71.7 Å². The van der Waals surface area contributed by atoms with Gasteiger partial charge in [-0.2, -0.15) is 0 Å². The van der Waals surface area contributed by atoms with Gasteiger partial charge in [0.1, 0.15) is 23.7 Å². The van der Waals surface area contributed by atoms with Crippen molar-refractivity contribution in [1.29, 1.82) is 0 Å². The SMILES string of the molecule is COc1ccc2nccc(OC[C@@H]3CC[C@@H](NC(=O)OC(C)(C)C)[C@@H](CC4COC(C)(C)O4)O3)c2c1. The Kier molecular flexibility index (Phi) is 7.92. The van der Waals surface area contributed by atoms with Gasteiger partial charge in [0.05, 0.1) is 43.6 Å². The number of alkyl carbamates (subject to hydrolysis) is 1. The van der Waals surface area contributed by atoms with Crippen molar-refractivity contribution in [3.05, 3.63) is 30.5 Å². The molecule has 2 saturated heterocycles. The number of fused-ring (bicyclic) bond motifs is 1. The number of carbonyl (C=O) groups excluding carboxylic acids is 1. The van der Waals surface area contributed by atoms with E-state index in [1.54, 1.807) is 13.3 Å². The number of hydrogen-bond donors (Lipinski definition) is 1. The summed E-state index contributed by atoms with van der Waals surface area (Å²) in [5.74, 6) is 0.841. The minimum atomic E-state index is -0.626. The maximum absolute atomic E-state index is 12.5. The fourth-order valence-corrected chi connectivity index (χ4v) is 4.60. The van der Waals surface area contributed by atoms with Crippen molar-refractivity contribution in [2.45, 2.75) is 89.6 Å². The van der Waals surface area contributed by atoms with E-state index in [1.165, 1.54) is 0 Å². The van der Waals surface area contributed by atoms with E-state index in [1.807, 2.05) is 58.9 Å². The molecule has 4 rings (SSSR count). The lowest BCUT2D eigenvalue weighted by Gasteiger charge is -2.38. The second kappa shape index (κ2) is 10.8. The third kappa shape index (κ3) is 6.99. The van der Waals surface area contributed by atoms with Gasteiger partial charge in [-0.3, -0.25) is 4.98 Å². The topological polar surface area (TPSA) is 97.4 Å². The molecule has 2 aliphatic rings. The van der Waals surface area contributed by atoms with Gasteiger partial charge in [-0.15, -0.1) is 0 Å². The van der Waals surface area contributed by atoms with Crippen LogP contribution in [0.2, 0.25) is 0 Å². The van der Waals surface area contributed by atoms with Crippen LogP contribution in [-0.2, 0) is 18.9 Å². The fraction of sp³-hybridized carbons (Fsp3) is 0.630. The molecule has 2 aliphatic heterocycles. The number of ether oxygens (including phenoxy) is 6. The lowest BCUT2D eigenvalue weighted by Crippen LogP contribution is -2.52. The second-order valence-corrected chi connectivity index (χ2v) is 10.8. The first kappa shape index (κ1) is 26.4. The van der Waals surface area contributed by atoms with Crippen LogP contribution < -0.4 is 14.8 Å². The minimum Gasteiger partial charge on any atom is -0.497 e. The summed E-state index contributed by atoms with van der Waals surface area (Å²) in [5.41, 5.74) is 0.256. The van der Waals surface area contributed by atoms with Crippen LogP contribution in [0.4, 0.5) is 4.79 Å². The first-order chi connectivity index (χ1) is 17.0. The Morgan fingerprint density at radius 1 is 1.19 bits per heavy atom. The predicted octanol–water partition coefficient (Wildman–Crippen LogP) is 4.60. The lowest BCUT2D eigenvalue weighted by molar-refractivity contribution is -0.149. The van der Waals surface area contributed by atoms with Crippen molar-refractivity contribution < 1.29 is 33.2 Å². The van der Waals surface area contributed by atoms with Crippen LogP contribution in [0.1, 0.15) is 53.9 Å².